The number of nitrogens with zero attached hydrogens (tertiary/aromatic N) is 1. The molecule has 0 bridgehead atoms. The Kier molecular flexibility index (Phi) is 6.49. The van der Waals surface area contributed by atoms with Crippen LogP contribution in [0.1, 0.15) is 33.2 Å². The fourth-order valence-corrected chi connectivity index (χ4v) is 3.60. The molecule has 3 aromatic carbocycles. The van der Waals surface area contributed by atoms with Crippen molar-refractivity contribution in [3.8, 4) is 11.3 Å². The van der Waals surface area contributed by atoms with Gasteiger partial charge in [0.2, 0.25) is 11.8 Å². The van der Waals surface area contributed by atoms with Crippen molar-refractivity contribution in [3.63, 3.8) is 0 Å². The first kappa shape index (κ1) is 22.5. The van der Waals surface area contributed by atoms with Gasteiger partial charge in [-0.2, -0.15) is 0 Å². The topological polar surface area (TPSA) is 151 Å². The Balaban J connectivity index is 1.60. The lowest BCUT2D eigenvalue weighted by Crippen LogP contribution is -2.24. The largest absolute Gasteiger partial charge is 0.384 e. The molecule has 8 heteroatoms. The Morgan fingerprint density at radius 3 is 2.18 bits per heavy atom. The second kappa shape index (κ2) is 9.83. The second-order valence-electron chi connectivity index (χ2n) is 7.85. The third kappa shape index (κ3) is 5.18. The highest BCUT2D eigenvalue weighted by Crippen LogP contribution is 2.25. The summed E-state index contributed by atoms with van der Waals surface area (Å²) in [5, 5.41) is 10.4. The van der Waals surface area contributed by atoms with Crippen LogP contribution >= 0.6 is 0 Å². The van der Waals surface area contributed by atoms with Crippen molar-refractivity contribution in [2.45, 2.75) is 12.3 Å². The van der Waals surface area contributed by atoms with Crippen LogP contribution in [0.25, 0.3) is 11.3 Å². The number of nitrogen functional groups attached to an aromatic ring is 1. The number of benzene rings is 3. The Bertz CT molecular complexity index is 1310. The minimum atomic E-state index is -0.575. The van der Waals surface area contributed by atoms with Gasteiger partial charge in [0.15, 0.2) is 0 Å². The molecule has 1 aromatic heterocycles. The van der Waals surface area contributed by atoms with E-state index in [1.165, 1.54) is 0 Å². The van der Waals surface area contributed by atoms with Gasteiger partial charge in [-0.1, -0.05) is 42.5 Å². The molecule has 4 rings (SSSR count). The normalized spacial score (nSPS) is 11.5. The fraction of sp³-hybridized carbons (Fsp3) is 0.0769. The molecule has 34 heavy (non-hydrogen) atoms. The lowest BCUT2D eigenvalue weighted by Gasteiger charge is -2.15. The van der Waals surface area contributed by atoms with E-state index in [1.54, 1.807) is 54.7 Å². The molecule has 1 unspecified atom stereocenters. The molecule has 1 atom stereocenters. The van der Waals surface area contributed by atoms with Gasteiger partial charge < -0.3 is 21.8 Å². The molecule has 0 saturated carbocycles. The van der Waals surface area contributed by atoms with Crippen molar-refractivity contribution < 1.29 is 9.59 Å². The fourth-order valence-electron chi connectivity index (χ4n) is 3.60. The first-order valence-electron chi connectivity index (χ1n) is 10.6. The first-order chi connectivity index (χ1) is 16.4. The van der Waals surface area contributed by atoms with Crippen LogP contribution in [0.2, 0.25) is 0 Å². The van der Waals surface area contributed by atoms with E-state index in [0.717, 1.165) is 16.8 Å². The number of amides is 2. The van der Waals surface area contributed by atoms with Crippen LogP contribution in [0.5, 0.6) is 0 Å². The van der Waals surface area contributed by atoms with Crippen molar-refractivity contribution in [3.05, 3.63) is 108 Å². The van der Waals surface area contributed by atoms with E-state index in [4.69, 9.17) is 16.9 Å². The molecule has 0 fully saturated rings. The number of aromatic amines is 1. The number of nitrogens with two attached hydrogens (primary N) is 2. The number of carbonyl (C=O) groups is 2. The van der Waals surface area contributed by atoms with Crippen molar-refractivity contribution in [1.29, 1.82) is 5.41 Å². The molecule has 0 spiro atoms. The Hall–Kier alpha value is -4.72. The summed E-state index contributed by atoms with van der Waals surface area (Å²) in [6.45, 7) is 0. The van der Waals surface area contributed by atoms with Gasteiger partial charge in [0.05, 0.1) is 11.9 Å². The zero-order valence-corrected chi connectivity index (χ0v) is 18.3. The smallest absolute Gasteiger partial charge is 0.248 e. The number of hydrogen-bond donors (Lipinski definition) is 5. The Morgan fingerprint density at radius 1 is 0.912 bits per heavy atom. The van der Waals surface area contributed by atoms with E-state index >= 15 is 0 Å². The number of aromatic nitrogens is 2. The summed E-state index contributed by atoms with van der Waals surface area (Å²) in [4.78, 5) is 32.4. The van der Waals surface area contributed by atoms with E-state index in [9.17, 15) is 9.59 Å². The molecule has 1 heterocycles. The Morgan fingerprint density at radius 2 is 1.56 bits per heavy atom. The molecule has 2 amide bonds. The number of hydrogen-bond acceptors (Lipinski definition) is 4. The number of primary amides is 1. The van der Waals surface area contributed by atoms with Gasteiger partial charge in [-0.05, 0) is 53.9 Å². The van der Waals surface area contributed by atoms with Gasteiger partial charge >= 0.3 is 0 Å². The number of amidine groups is 1. The number of nitrogens with one attached hydrogen (secondary N) is 3. The van der Waals surface area contributed by atoms with Crippen molar-refractivity contribution in [2.75, 3.05) is 5.32 Å². The second-order valence-corrected chi connectivity index (χ2v) is 7.85. The molecule has 170 valence electrons. The highest BCUT2D eigenvalue weighted by Gasteiger charge is 2.25. The lowest BCUT2D eigenvalue weighted by atomic mass is 9.97. The minimum absolute atomic E-state index is 0.0354. The Labute approximate surface area is 196 Å². The van der Waals surface area contributed by atoms with Crippen molar-refractivity contribution in [2.24, 2.45) is 11.5 Å². The zero-order chi connectivity index (χ0) is 24.1. The van der Waals surface area contributed by atoms with Gasteiger partial charge in [-0.3, -0.25) is 15.0 Å². The van der Waals surface area contributed by atoms with E-state index in [2.05, 4.69) is 15.3 Å². The highest BCUT2D eigenvalue weighted by molar-refractivity contribution is 5.98. The monoisotopic (exact) mass is 452 g/mol. The summed E-state index contributed by atoms with van der Waals surface area (Å²) in [5.41, 5.74) is 15.0. The maximum absolute atomic E-state index is 13.3. The molecule has 8 nitrogen and oxygen atoms in total. The number of rotatable bonds is 8. The van der Waals surface area contributed by atoms with Crippen LogP contribution in [0, 0.1) is 5.41 Å². The van der Waals surface area contributed by atoms with Crippen LogP contribution in [0.15, 0.2) is 85.1 Å². The lowest BCUT2D eigenvalue weighted by molar-refractivity contribution is -0.117. The van der Waals surface area contributed by atoms with E-state index in [1.807, 2.05) is 30.3 Å². The molecular weight excluding hydrogens is 428 g/mol. The molecule has 0 aliphatic rings. The SMILES string of the molecule is N=C(N)c1ccc(NC(=O)C(Cc2ccccc2)c2ncc(-c3ccc(C(N)=O)cc3)[nH]2)cc1. The third-order valence-corrected chi connectivity index (χ3v) is 5.47. The van der Waals surface area contributed by atoms with Crippen molar-refractivity contribution >= 4 is 23.3 Å². The summed E-state index contributed by atoms with van der Waals surface area (Å²) < 4.78 is 0. The van der Waals surface area contributed by atoms with E-state index in [0.29, 0.717) is 29.1 Å². The molecule has 7 N–H and O–H groups in total. The first-order valence-corrected chi connectivity index (χ1v) is 10.6. The maximum atomic E-state index is 13.3. The standard InChI is InChI=1S/C26H24N6O2/c27-23(28)18-10-12-20(13-11-18)31-26(34)21(14-16-4-2-1-3-5-16)25-30-15-22(32-25)17-6-8-19(9-7-17)24(29)33/h1-13,15,21H,14H2,(H3,27,28)(H2,29,33)(H,30,32)(H,31,34). The average Bonchev–Trinajstić information content (AvgIpc) is 3.33. The summed E-state index contributed by atoms with van der Waals surface area (Å²) >= 11 is 0. The van der Waals surface area contributed by atoms with Gasteiger partial charge in [-0.25, -0.2) is 4.98 Å². The summed E-state index contributed by atoms with van der Waals surface area (Å²) in [7, 11) is 0. The maximum Gasteiger partial charge on any atom is 0.248 e. The van der Waals surface area contributed by atoms with Crippen LogP contribution in [0.3, 0.4) is 0 Å². The minimum Gasteiger partial charge on any atom is -0.384 e. The quantitative estimate of drug-likeness (QED) is 0.205. The molecule has 0 aliphatic heterocycles. The predicted molar refractivity (Wildman–Crippen MR) is 132 cm³/mol. The number of anilines is 1. The number of H-pyrrole nitrogens is 1. The zero-order valence-electron chi connectivity index (χ0n) is 18.3. The van der Waals surface area contributed by atoms with Gasteiger partial charge in [0.25, 0.3) is 0 Å². The van der Waals surface area contributed by atoms with Crippen LogP contribution < -0.4 is 16.8 Å². The number of imidazole rings is 1. The van der Waals surface area contributed by atoms with E-state index < -0.39 is 11.8 Å². The highest BCUT2D eigenvalue weighted by atomic mass is 16.2. The summed E-state index contributed by atoms with van der Waals surface area (Å²) in [6, 6.07) is 23.4. The van der Waals surface area contributed by atoms with Crippen molar-refractivity contribution in [1.82, 2.24) is 9.97 Å². The predicted octanol–water partition coefficient (Wildman–Crippen LogP) is 3.42. The van der Waals surface area contributed by atoms with Gasteiger partial charge in [0, 0.05) is 16.8 Å². The third-order valence-electron chi connectivity index (χ3n) is 5.47. The average molecular weight is 453 g/mol. The van der Waals surface area contributed by atoms with Crippen LogP contribution in [-0.2, 0) is 11.2 Å². The van der Waals surface area contributed by atoms with Gasteiger partial charge in [-0.15, -0.1) is 0 Å². The van der Waals surface area contributed by atoms with E-state index in [-0.39, 0.29) is 11.7 Å². The van der Waals surface area contributed by atoms with Crippen LogP contribution in [-0.4, -0.2) is 27.6 Å². The molecular formula is C26H24N6O2. The summed E-state index contributed by atoms with van der Waals surface area (Å²) in [6.07, 6.45) is 2.12. The molecule has 0 aliphatic carbocycles. The van der Waals surface area contributed by atoms with Crippen LogP contribution in [0.4, 0.5) is 5.69 Å². The van der Waals surface area contributed by atoms with Gasteiger partial charge in [0.1, 0.15) is 17.6 Å². The number of carbonyl (C=O) groups excluding carboxylic acids is 2. The molecule has 4 aromatic rings. The molecule has 0 radical (unpaired) electrons. The molecule has 0 saturated heterocycles. The summed E-state index contributed by atoms with van der Waals surface area (Å²) in [5.74, 6) is -0.798.